The Bertz CT molecular complexity index is 1110. The molecule has 1 saturated carbocycles. The first kappa shape index (κ1) is 36.8. The highest BCUT2D eigenvalue weighted by Gasteiger charge is 2.33. The van der Waals surface area contributed by atoms with Gasteiger partial charge in [0.15, 0.2) is 0 Å². The Morgan fingerprint density at radius 2 is 1.61 bits per heavy atom. The Balaban J connectivity index is 2.20. The van der Waals surface area contributed by atoms with Crippen LogP contribution in [0.2, 0.25) is 0 Å². The summed E-state index contributed by atoms with van der Waals surface area (Å²) in [4.78, 5) is 44.1. The third-order valence-corrected chi connectivity index (χ3v) is 8.63. The standard InChI is InChI=1S/C35H52N4O5/c1-6-15-29(35(44)37-30(33(42)31(40)16-7-2)24-27-19-13-10-14-20-27)36-34(43)28(23-26-17-11-9-12-18-26)25-32(41)39(5)22-21-38(4)8-3/h1-2,9,11-12,17-18,27-31,33,40,42H,8,10,13-16,19-25H2,3-5H3,(H,36,43)(H,37,44)/t28-,29+,30+,31+,33-/m1/s1. The minimum Gasteiger partial charge on any atom is -0.389 e. The van der Waals surface area contributed by atoms with E-state index in [4.69, 9.17) is 12.8 Å². The van der Waals surface area contributed by atoms with Crippen LogP contribution in [-0.2, 0) is 20.8 Å². The summed E-state index contributed by atoms with van der Waals surface area (Å²) < 4.78 is 0. The number of amides is 3. The maximum atomic E-state index is 13.7. The lowest BCUT2D eigenvalue weighted by molar-refractivity contribution is -0.136. The third kappa shape index (κ3) is 12.7. The molecule has 0 radical (unpaired) electrons. The van der Waals surface area contributed by atoms with Crippen LogP contribution in [0.25, 0.3) is 0 Å². The summed E-state index contributed by atoms with van der Waals surface area (Å²) in [5.41, 5.74) is 0.893. The van der Waals surface area contributed by atoms with Crippen molar-refractivity contribution < 1.29 is 24.6 Å². The highest BCUT2D eigenvalue weighted by molar-refractivity contribution is 5.91. The first-order chi connectivity index (χ1) is 21.1. The lowest BCUT2D eigenvalue weighted by atomic mass is 9.82. The van der Waals surface area contributed by atoms with Crippen molar-refractivity contribution >= 4 is 17.7 Å². The minimum atomic E-state index is -1.27. The van der Waals surface area contributed by atoms with Crippen molar-refractivity contribution in [3.63, 3.8) is 0 Å². The monoisotopic (exact) mass is 608 g/mol. The van der Waals surface area contributed by atoms with Crippen LogP contribution >= 0.6 is 0 Å². The van der Waals surface area contributed by atoms with Crippen LogP contribution in [-0.4, -0.2) is 95.8 Å². The fourth-order valence-corrected chi connectivity index (χ4v) is 5.60. The Hall–Kier alpha value is -3.37. The van der Waals surface area contributed by atoms with Crippen molar-refractivity contribution in [1.82, 2.24) is 20.4 Å². The predicted molar refractivity (Wildman–Crippen MR) is 173 cm³/mol. The van der Waals surface area contributed by atoms with Gasteiger partial charge in [-0.1, -0.05) is 69.4 Å². The molecule has 0 aromatic heterocycles. The molecule has 0 heterocycles. The number of hydrogen-bond acceptors (Lipinski definition) is 6. The van der Waals surface area contributed by atoms with E-state index in [-0.39, 0.29) is 31.1 Å². The highest BCUT2D eigenvalue weighted by Crippen LogP contribution is 2.28. The number of carbonyl (C=O) groups excluding carboxylic acids is 3. The van der Waals surface area contributed by atoms with Crippen molar-refractivity contribution in [1.29, 1.82) is 0 Å². The fraction of sp³-hybridized carbons (Fsp3) is 0.629. The molecular weight excluding hydrogens is 556 g/mol. The second-order valence-electron chi connectivity index (χ2n) is 12.1. The smallest absolute Gasteiger partial charge is 0.243 e. The number of aliphatic hydroxyl groups is 2. The molecule has 1 aliphatic rings. The summed E-state index contributed by atoms with van der Waals surface area (Å²) in [6.45, 7) is 4.15. The summed E-state index contributed by atoms with van der Waals surface area (Å²) in [5, 5.41) is 27.1. The molecule has 44 heavy (non-hydrogen) atoms. The van der Waals surface area contributed by atoms with Gasteiger partial charge in [0, 0.05) is 39.4 Å². The fourth-order valence-electron chi connectivity index (χ4n) is 5.60. The van der Waals surface area contributed by atoms with E-state index in [0.29, 0.717) is 25.9 Å². The molecule has 1 aromatic carbocycles. The zero-order valence-electron chi connectivity index (χ0n) is 26.7. The van der Waals surface area contributed by atoms with E-state index in [1.165, 1.54) is 0 Å². The van der Waals surface area contributed by atoms with E-state index in [0.717, 1.165) is 44.2 Å². The minimum absolute atomic E-state index is 0.0290. The van der Waals surface area contributed by atoms with Crippen molar-refractivity contribution in [2.45, 2.75) is 95.4 Å². The quantitative estimate of drug-likeness (QED) is 0.190. The van der Waals surface area contributed by atoms with Gasteiger partial charge in [0.25, 0.3) is 0 Å². The normalized spacial score (nSPS) is 16.9. The third-order valence-electron chi connectivity index (χ3n) is 8.63. The molecular formula is C35H52N4O5. The molecule has 3 amide bonds. The molecule has 0 saturated heterocycles. The molecule has 0 bridgehead atoms. The van der Waals surface area contributed by atoms with Crippen LogP contribution in [0.3, 0.4) is 0 Å². The number of carbonyl (C=O) groups is 3. The second-order valence-corrected chi connectivity index (χ2v) is 12.1. The molecule has 1 aromatic rings. The van der Waals surface area contributed by atoms with Gasteiger partial charge in [0.2, 0.25) is 17.7 Å². The van der Waals surface area contributed by atoms with Gasteiger partial charge in [-0.05, 0) is 37.9 Å². The Morgan fingerprint density at radius 3 is 2.23 bits per heavy atom. The lowest BCUT2D eigenvalue weighted by Crippen LogP contribution is -2.55. The molecule has 242 valence electrons. The largest absolute Gasteiger partial charge is 0.389 e. The van der Waals surface area contributed by atoms with Crippen molar-refractivity contribution in [2.75, 3.05) is 33.7 Å². The number of terminal acetylenes is 2. The zero-order chi connectivity index (χ0) is 32.5. The second kappa shape index (κ2) is 19.8. The van der Waals surface area contributed by atoms with Gasteiger partial charge in [-0.3, -0.25) is 14.4 Å². The van der Waals surface area contributed by atoms with E-state index >= 15 is 0 Å². The van der Waals surface area contributed by atoms with Gasteiger partial charge in [0.1, 0.15) is 12.1 Å². The molecule has 1 fully saturated rings. The topological polar surface area (TPSA) is 122 Å². The number of nitrogens with zero attached hydrogens (tertiary/aromatic N) is 2. The molecule has 0 unspecified atom stereocenters. The van der Waals surface area contributed by atoms with E-state index < -0.39 is 42.0 Å². The van der Waals surface area contributed by atoms with Crippen molar-refractivity contribution in [2.24, 2.45) is 11.8 Å². The van der Waals surface area contributed by atoms with Gasteiger partial charge >= 0.3 is 0 Å². The average Bonchev–Trinajstić information content (AvgIpc) is 3.03. The average molecular weight is 609 g/mol. The number of nitrogens with one attached hydrogen (secondary N) is 2. The molecule has 1 aliphatic carbocycles. The SMILES string of the molecule is C#CC[C@H](NC(=O)[C@@H](CC(=O)N(C)CCN(C)CC)Cc1ccccc1)C(=O)N[C@@H](CC1CCCCC1)[C@@H](O)[C@@H](O)CC#C. The van der Waals surface area contributed by atoms with Crippen molar-refractivity contribution in [3.05, 3.63) is 35.9 Å². The Kier molecular flexibility index (Phi) is 16.6. The van der Waals surface area contributed by atoms with Crippen LogP contribution in [0.1, 0.15) is 70.3 Å². The molecule has 2 rings (SSSR count). The van der Waals surface area contributed by atoms with Gasteiger partial charge in [-0.15, -0.1) is 24.7 Å². The van der Waals surface area contributed by atoms with Crippen molar-refractivity contribution in [3.8, 4) is 24.7 Å². The number of rotatable bonds is 18. The Labute approximate surface area is 264 Å². The molecule has 4 N–H and O–H groups in total. The summed E-state index contributed by atoms with van der Waals surface area (Å²) in [7, 11) is 3.71. The molecule has 9 heteroatoms. The number of likely N-dealkylation sites (N-methyl/N-ethyl adjacent to an activating group) is 2. The van der Waals surface area contributed by atoms with Gasteiger partial charge in [0.05, 0.1) is 18.1 Å². The van der Waals surface area contributed by atoms with Crippen LogP contribution < -0.4 is 10.6 Å². The van der Waals surface area contributed by atoms with E-state index in [1.807, 2.05) is 44.3 Å². The summed E-state index contributed by atoms with van der Waals surface area (Å²) in [5.74, 6) is 3.22. The van der Waals surface area contributed by atoms with Crippen LogP contribution in [0.5, 0.6) is 0 Å². The first-order valence-corrected chi connectivity index (χ1v) is 15.9. The maximum Gasteiger partial charge on any atom is 0.243 e. The Morgan fingerprint density at radius 1 is 0.955 bits per heavy atom. The van der Waals surface area contributed by atoms with Gasteiger partial charge in [-0.2, -0.15) is 0 Å². The highest BCUT2D eigenvalue weighted by atomic mass is 16.3. The summed E-state index contributed by atoms with van der Waals surface area (Å²) in [6, 6.07) is 7.59. The lowest BCUT2D eigenvalue weighted by Gasteiger charge is -2.33. The number of benzene rings is 1. The van der Waals surface area contributed by atoms with Gasteiger partial charge in [-0.25, -0.2) is 0 Å². The maximum absolute atomic E-state index is 13.7. The predicted octanol–water partition coefficient (Wildman–Crippen LogP) is 2.35. The molecule has 5 atom stereocenters. The van der Waals surface area contributed by atoms with Crippen LogP contribution in [0.15, 0.2) is 30.3 Å². The summed E-state index contributed by atoms with van der Waals surface area (Å²) in [6.07, 6.45) is 14.4. The van der Waals surface area contributed by atoms with Gasteiger partial charge < -0.3 is 30.6 Å². The zero-order valence-corrected chi connectivity index (χ0v) is 26.7. The van der Waals surface area contributed by atoms with E-state index in [1.54, 1.807) is 11.9 Å². The number of hydrogen-bond donors (Lipinski definition) is 4. The number of aliphatic hydroxyl groups excluding tert-OH is 2. The molecule has 0 aliphatic heterocycles. The van der Waals surface area contributed by atoms with E-state index in [9.17, 15) is 24.6 Å². The molecule has 0 spiro atoms. The van der Waals surface area contributed by atoms with Crippen LogP contribution in [0.4, 0.5) is 0 Å². The van der Waals surface area contributed by atoms with E-state index in [2.05, 4.69) is 27.4 Å². The molecule has 9 nitrogen and oxygen atoms in total. The first-order valence-electron chi connectivity index (χ1n) is 15.9. The summed E-state index contributed by atoms with van der Waals surface area (Å²) >= 11 is 0. The van der Waals surface area contributed by atoms with Crippen LogP contribution in [0, 0.1) is 36.5 Å².